The number of likely N-dealkylation sites (tertiary alicyclic amines) is 1. The topological polar surface area (TPSA) is 94.6 Å². The number of nitrogens with zero attached hydrogens (tertiary/aromatic N) is 7. The summed E-state index contributed by atoms with van der Waals surface area (Å²) < 4.78 is 54.4. The largest absolute Gasteiger partial charge is 0.479 e. The molecule has 2 aliphatic rings. The van der Waals surface area contributed by atoms with Gasteiger partial charge in [0, 0.05) is 37.8 Å². The third-order valence-corrected chi connectivity index (χ3v) is 7.08. The van der Waals surface area contributed by atoms with Gasteiger partial charge >= 0.3 is 0 Å². The summed E-state index contributed by atoms with van der Waals surface area (Å²) in [5.41, 5.74) is 3.52. The predicted molar refractivity (Wildman–Crippen MR) is 130 cm³/mol. The first-order valence-corrected chi connectivity index (χ1v) is 12.3. The van der Waals surface area contributed by atoms with Gasteiger partial charge in [-0.2, -0.15) is 4.98 Å². The van der Waals surface area contributed by atoms with Crippen LogP contribution in [0.15, 0.2) is 30.5 Å². The van der Waals surface area contributed by atoms with E-state index in [0.717, 1.165) is 17.7 Å². The van der Waals surface area contributed by atoms with E-state index >= 15 is 0 Å². The molecule has 37 heavy (non-hydrogen) atoms. The summed E-state index contributed by atoms with van der Waals surface area (Å²) in [4.78, 5) is 6.67. The summed E-state index contributed by atoms with van der Waals surface area (Å²) >= 11 is 0. The lowest BCUT2D eigenvalue weighted by Gasteiger charge is -2.42. The fraction of sp³-hybridized carbons (Fsp3) is 0.500. The monoisotopic (exact) mass is 516 g/mol. The number of alkyl halides is 3. The van der Waals surface area contributed by atoms with Crippen LogP contribution in [-0.4, -0.2) is 92.6 Å². The van der Waals surface area contributed by atoms with Crippen molar-refractivity contribution in [3.05, 3.63) is 30.5 Å². The summed E-state index contributed by atoms with van der Waals surface area (Å²) in [6.07, 6.45) is -1.37. The van der Waals surface area contributed by atoms with Gasteiger partial charge in [0.05, 0.1) is 37.9 Å². The maximum absolute atomic E-state index is 15.0. The number of methoxy groups -OCH3 is 1. The number of rotatable bonds is 8. The second-order valence-corrected chi connectivity index (χ2v) is 9.40. The highest BCUT2D eigenvalue weighted by atomic mass is 19.3. The number of aromatic nitrogens is 6. The van der Waals surface area contributed by atoms with Crippen LogP contribution in [0.4, 0.5) is 19.1 Å². The molecule has 10 nitrogen and oxygen atoms in total. The van der Waals surface area contributed by atoms with Crippen molar-refractivity contribution in [2.24, 2.45) is 0 Å². The molecule has 0 spiro atoms. The van der Waals surface area contributed by atoms with Gasteiger partial charge in [0.2, 0.25) is 18.3 Å². The third-order valence-electron chi connectivity index (χ3n) is 7.08. The van der Waals surface area contributed by atoms with Gasteiger partial charge < -0.3 is 14.8 Å². The van der Waals surface area contributed by atoms with Crippen molar-refractivity contribution in [3.8, 4) is 17.0 Å². The molecule has 2 aliphatic heterocycles. The van der Waals surface area contributed by atoms with Gasteiger partial charge in [0.1, 0.15) is 17.2 Å². The molecular weight excluding hydrogens is 489 g/mol. The van der Waals surface area contributed by atoms with E-state index < -0.39 is 18.6 Å². The summed E-state index contributed by atoms with van der Waals surface area (Å²) in [5, 5.41) is 15.8. The number of fused-ring (bicyclic) bond motifs is 2. The van der Waals surface area contributed by atoms with Crippen LogP contribution in [0.5, 0.6) is 5.88 Å². The molecule has 5 heterocycles. The van der Waals surface area contributed by atoms with Crippen LogP contribution in [-0.2, 0) is 11.3 Å². The van der Waals surface area contributed by atoms with E-state index in [1.54, 1.807) is 16.8 Å². The predicted octanol–water partition coefficient (Wildman–Crippen LogP) is 3.03. The molecule has 2 saturated heterocycles. The zero-order valence-electron chi connectivity index (χ0n) is 20.2. The summed E-state index contributed by atoms with van der Waals surface area (Å²) in [6, 6.07) is 7.32. The summed E-state index contributed by atoms with van der Waals surface area (Å²) in [6.45, 7) is 2.53. The van der Waals surface area contributed by atoms with E-state index in [2.05, 4.69) is 30.6 Å². The number of piperidine rings is 1. The molecule has 4 aromatic rings. The van der Waals surface area contributed by atoms with Crippen molar-refractivity contribution in [2.75, 3.05) is 38.7 Å². The molecule has 2 fully saturated rings. The van der Waals surface area contributed by atoms with Crippen molar-refractivity contribution >= 4 is 22.5 Å². The Bertz CT molecular complexity index is 1410. The van der Waals surface area contributed by atoms with Crippen LogP contribution in [0.25, 0.3) is 27.7 Å². The highest BCUT2D eigenvalue weighted by molar-refractivity contribution is 5.89. The van der Waals surface area contributed by atoms with Gasteiger partial charge in [-0.1, -0.05) is 11.3 Å². The van der Waals surface area contributed by atoms with Crippen LogP contribution in [0.2, 0.25) is 0 Å². The van der Waals surface area contributed by atoms with E-state index in [4.69, 9.17) is 9.47 Å². The zero-order chi connectivity index (χ0) is 25.5. The van der Waals surface area contributed by atoms with Gasteiger partial charge in [0.25, 0.3) is 0 Å². The standard InChI is InChI=1S/C24H27F3N8O2/c1-36-23-22-16(14-2-3-19-20(10-14)34(32-30-19)9-6-21(26)27)4-8-35(22)31-24(29-23)28-18-5-7-33(11-17(18)25)15-12-37-13-15/h2-4,8,10,15,17-18,21H,5-7,9,11-13H2,1H3,(H,28,31)/t17-,18+/m0/s1. The molecule has 2 atom stereocenters. The maximum atomic E-state index is 15.0. The molecule has 196 valence electrons. The minimum Gasteiger partial charge on any atom is -0.479 e. The summed E-state index contributed by atoms with van der Waals surface area (Å²) in [5.74, 6) is 0.616. The van der Waals surface area contributed by atoms with Gasteiger partial charge in [-0.15, -0.1) is 10.2 Å². The highest BCUT2D eigenvalue weighted by Crippen LogP contribution is 2.33. The first-order valence-electron chi connectivity index (χ1n) is 12.3. The molecule has 0 aliphatic carbocycles. The number of nitrogens with one attached hydrogen (secondary N) is 1. The molecule has 0 amide bonds. The Kier molecular flexibility index (Phi) is 6.32. The Hall–Kier alpha value is -3.45. The van der Waals surface area contributed by atoms with Crippen molar-refractivity contribution in [2.45, 2.75) is 44.1 Å². The molecular formula is C24H27F3N8O2. The Morgan fingerprint density at radius 3 is 2.84 bits per heavy atom. The first-order chi connectivity index (χ1) is 18.0. The smallest absolute Gasteiger partial charge is 0.244 e. The number of benzene rings is 1. The van der Waals surface area contributed by atoms with Crippen molar-refractivity contribution in [1.29, 1.82) is 0 Å². The highest BCUT2D eigenvalue weighted by Gasteiger charge is 2.35. The Labute approximate surface area is 210 Å². The second kappa shape index (κ2) is 9.78. The van der Waals surface area contributed by atoms with E-state index in [-0.39, 0.29) is 18.9 Å². The molecule has 13 heteroatoms. The lowest BCUT2D eigenvalue weighted by Crippen LogP contribution is -2.57. The normalized spacial score (nSPS) is 21.1. The average molecular weight is 517 g/mol. The van der Waals surface area contributed by atoms with Crippen molar-refractivity contribution < 1.29 is 22.6 Å². The van der Waals surface area contributed by atoms with Crippen LogP contribution in [0.3, 0.4) is 0 Å². The molecule has 0 radical (unpaired) electrons. The van der Waals surface area contributed by atoms with Crippen LogP contribution < -0.4 is 10.1 Å². The van der Waals surface area contributed by atoms with Crippen molar-refractivity contribution in [3.63, 3.8) is 0 Å². The number of aryl methyl sites for hydroxylation is 1. The number of ether oxygens (including phenoxy) is 2. The van der Waals surface area contributed by atoms with E-state index in [1.165, 1.54) is 11.8 Å². The molecule has 1 aromatic carbocycles. The number of halogens is 3. The van der Waals surface area contributed by atoms with Gasteiger partial charge in [-0.3, -0.25) is 4.90 Å². The van der Waals surface area contributed by atoms with Gasteiger partial charge in [-0.25, -0.2) is 22.4 Å². The molecule has 0 bridgehead atoms. The van der Waals surface area contributed by atoms with E-state index in [1.807, 2.05) is 18.2 Å². The molecule has 0 unspecified atom stereocenters. The SMILES string of the molecule is COc1nc(N[C@@H]2CCN(C3COC3)C[C@@H]2F)nn2ccc(-c3ccc4nnn(CCC(F)F)c4c3)c12. The molecule has 0 saturated carbocycles. The first kappa shape index (κ1) is 23.9. The molecule has 3 aromatic heterocycles. The Morgan fingerprint density at radius 1 is 1.24 bits per heavy atom. The van der Waals surface area contributed by atoms with Crippen LogP contribution in [0, 0.1) is 0 Å². The third kappa shape index (κ3) is 4.57. The fourth-order valence-corrected chi connectivity index (χ4v) is 4.97. The summed E-state index contributed by atoms with van der Waals surface area (Å²) in [7, 11) is 1.52. The minimum absolute atomic E-state index is 0.0680. The zero-order valence-corrected chi connectivity index (χ0v) is 20.2. The molecule has 1 N–H and O–H groups in total. The Morgan fingerprint density at radius 2 is 2.11 bits per heavy atom. The number of hydrogen-bond donors (Lipinski definition) is 1. The minimum atomic E-state index is -2.42. The Balaban J connectivity index is 1.26. The van der Waals surface area contributed by atoms with Crippen LogP contribution in [0.1, 0.15) is 12.8 Å². The van der Waals surface area contributed by atoms with Crippen LogP contribution >= 0.6 is 0 Å². The second-order valence-electron chi connectivity index (χ2n) is 9.40. The van der Waals surface area contributed by atoms with Gasteiger partial charge in [-0.05, 0) is 30.2 Å². The number of anilines is 1. The quantitative estimate of drug-likeness (QED) is 0.382. The van der Waals surface area contributed by atoms with Gasteiger partial charge in [0.15, 0.2) is 0 Å². The fourth-order valence-electron chi connectivity index (χ4n) is 4.97. The number of hydrogen-bond acceptors (Lipinski definition) is 8. The average Bonchev–Trinajstić information content (AvgIpc) is 3.46. The molecule has 6 rings (SSSR count). The van der Waals surface area contributed by atoms with E-state index in [9.17, 15) is 13.2 Å². The lowest BCUT2D eigenvalue weighted by molar-refractivity contribution is -0.0794. The maximum Gasteiger partial charge on any atom is 0.244 e. The lowest BCUT2D eigenvalue weighted by atomic mass is 10.0. The van der Waals surface area contributed by atoms with E-state index in [0.29, 0.717) is 54.7 Å². The van der Waals surface area contributed by atoms with Crippen molar-refractivity contribution in [1.82, 2.24) is 34.5 Å².